The zero-order chi connectivity index (χ0) is 20.7. The molecule has 0 atom stereocenters. The highest BCUT2D eigenvalue weighted by Crippen LogP contribution is 2.29. The predicted octanol–water partition coefficient (Wildman–Crippen LogP) is 3.64. The first-order chi connectivity index (χ1) is 13.2. The lowest BCUT2D eigenvalue weighted by atomic mass is 10.2. The normalized spacial score (nSPS) is 11.1. The largest absolute Gasteiger partial charge is 0.416 e. The Kier molecular flexibility index (Phi) is 4.88. The van der Waals surface area contributed by atoms with Crippen molar-refractivity contribution in [3.8, 4) is 5.75 Å². The molecule has 0 radical (unpaired) electrons. The van der Waals surface area contributed by atoms with E-state index in [0.717, 1.165) is 6.20 Å². The molecule has 1 aromatic carbocycles. The van der Waals surface area contributed by atoms with Gasteiger partial charge in [-0.25, -0.2) is 22.9 Å². The van der Waals surface area contributed by atoms with Gasteiger partial charge in [0.2, 0.25) is 40.3 Å². The molecule has 0 aliphatic heterocycles. The second-order valence-electron chi connectivity index (χ2n) is 5.77. The Morgan fingerprint density at radius 3 is 2.18 bits per heavy atom. The second kappa shape index (κ2) is 7.02. The van der Waals surface area contributed by atoms with E-state index in [1.165, 1.54) is 16.7 Å². The number of rotatable bonds is 3. The number of pyridine rings is 2. The maximum Gasteiger partial charge on any atom is 0.349 e. The number of benzene rings is 1. The summed E-state index contributed by atoms with van der Waals surface area (Å²) in [4.78, 5) is 29.0. The van der Waals surface area contributed by atoms with Gasteiger partial charge >= 0.3 is 5.97 Å². The van der Waals surface area contributed by atoms with E-state index in [2.05, 4.69) is 9.72 Å². The molecule has 0 fully saturated rings. The van der Waals surface area contributed by atoms with Crippen LogP contribution in [0.1, 0.15) is 23.0 Å². The minimum Gasteiger partial charge on any atom is -0.416 e. The van der Waals surface area contributed by atoms with Gasteiger partial charge in [0.1, 0.15) is 11.2 Å². The second-order valence-corrected chi connectivity index (χ2v) is 5.77. The van der Waals surface area contributed by atoms with E-state index in [1.54, 1.807) is 13.8 Å². The first-order valence-electron chi connectivity index (χ1n) is 7.91. The lowest BCUT2D eigenvalue weighted by Crippen LogP contribution is -2.24. The van der Waals surface area contributed by atoms with Crippen molar-refractivity contribution in [1.82, 2.24) is 9.55 Å². The van der Waals surface area contributed by atoms with Crippen LogP contribution in [-0.4, -0.2) is 15.5 Å². The van der Waals surface area contributed by atoms with Gasteiger partial charge in [-0.1, -0.05) is 0 Å². The van der Waals surface area contributed by atoms with Crippen molar-refractivity contribution in [2.45, 2.75) is 20.4 Å². The van der Waals surface area contributed by atoms with Crippen molar-refractivity contribution in [2.24, 2.45) is 0 Å². The van der Waals surface area contributed by atoms with Crippen LogP contribution in [0.5, 0.6) is 5.75 Å². The topological polar surface area (TPSA) is 61.2 Å². The molecule has 0 amide bonds. The standard InChI is InChI=1S/C18H11F5N2O3/c1-3-25-6-9(15(26)8-5-4-7(2)24-17(8)25)18(27)28-16-13(22)11(20)10(19)12(21)14(16)23/h4-6H,3H2,1-2H3. The average Bonchev–Trinajstić information content (AvgIpc) is 2.68. The van der Waals surface area contributed by atoms with Crippen LogP contribution in [0.15, 0.2) is 23.1 Å². The van der Waals surface area contributed by atoms with Gasteiger partial charge in [-0.2, -0.15) is 8.78 Å². The number of esters is 1. The van der Waals surface area contributed by atoms with Crippen LogP contribution in [0, 0.1) is 36.0 Å². The first-order valence-corrected chi connectivity index (χ1v) is 7.91. The van der Waals surface area contributed by atoms with Gasteiger partial charge in [0.15, 0.2) is 0 Å². The van der Waals surface area contributed by atoms with Gasteiger partial charge < -0.3 is 9.30 Å². The highest BCUT2D eigenvalue weighted by Gasteiger charge is 2.29. The molecule has 3 rings (SSSR count). The van der Waals surface area contributed by atoms with Gasteiger partial charge in [-0.15, -0.1) is 0 Å². The number of hydrogen-bond acceptors (Lipinski definition) is 4. The molecule has 28 heavy (non-hydrogen) atoms. The predicted molar refractivity (Wildman–Crippen MR) is 87.6 cm³/mol. The Morgan fingerprint density at radius 2 is 1.61 bits per heavy atom. The molecule has 0 saturated carbocycles. The van der Waals surface area contributed by atoms with Crippen LogP contribution in [-0.2, 0) is 6.54 Å². The van der Waals surface area contributed by atoms with Crippen molar-refractivity contribution in [3.05, 3.63) is 68.9 Å². The van der Waals surface area contributed by atoms with Crippen LogP contribution >= 0.6 is 0 Å². The van der Waals surface area contributed by atoms with E-state index in [4.69, 9.17) is 0 Å². The Hall–Kier alpha value is -3.30. The van der Waals surface area contributed by atoms with E-state index >= 15 is 0 Å². The van der Waals surface area contributed by atoms with Crippen LogP contribution in [0.3, 0.4) is 0 Å². The van der Waals surface area contributed by atoms with Crippen LogP contribution < -0.4 is 10.2 Å². The van der Waals surface area contributed by atoms with Gasteiger partial charge in [-0.05, 0) is 26.0 Å². The van der Waals surface area contributed by atoms with Crippen molar-refractivity contribution >= 4 is 17.0 Å². The summed E-state index contributed by atoms with van der Waals surface area (Å²) in [5.41, 5.74) is -0.642. The van der Waals surface area contributed by atoms with Gasteiger partial charge in [-0.3, -0.25) is 4.79 Å². The lowest BCUT2D eigenvalue weighted by Gasteiger charge is -2.12. The van der Waals surface area contributed by atoms with Crippen molar-refractivity contribution in [2.75, 3.05) is 0 Å². The van der Waals surface area contributed by atoms with Crippen molar-refractivity contribution in [3.63, 3.8) is 0 Å². The maximum absolute atomic E-state index is 13.7. The van der Waals surface area contributed by atoms with Crippen LogP contribution in [0.25, 0.3) is 11.0 Å². The Bertz CT molecular complexity index is 1160. The minimum absolute atomic E-state index is 0.0271. The smallest absolute Gasteiger partial charge is 0.349 e. The Morgan fingerprint density at radius 1 is 1.04 bits per heavy atom. The molecule has 10 heteroatoms. The molecule has 2 heterocycles. The van der Waals surface area contributed by atoms with Crippen LogP contribution in [0.2, 0.25) is 0 Å². The number of ether oxygens (including phenoxy) is 1. The van der Waals surface area contributed by atoms with Crippen molar-refractivity contribution in [1.29, 1.82) is 0 Å². The molecule has 0 spiro atoms. The molecule has 3 aromatic rings. The summed E-state index contributed by atoms with van der Waals surface area (Å²) in [6.07, 6.45) is 1.05. The number of aryl methyl sites for hydroxylation is 2. The molecule has 5 nitrogen and oxygen atoms in total. The zero-order valence-electron chi connectivity index (χ0n) is 14.4. The average molecular weight is 398 g/mol. The number of carbonyl (C=O) groups excluding carboxylic acids is 1. The van der Waals surface area contributed by atoms with Gasteiger partial charge in [0.05, 0.1) is 5.39 Å². The summed E-state index contributed by atoms with van der Waals surface area (Å²) in [6, 6.07) is 2.92. The quantitative estimate of drug-likeness (QED) is 0.222. The van der Waals surface area contributed by atoms with E-state index < -0.39 is 51.8 Å². The fraction of sp³-hybridized carbons (Fsp3) is 0.167. The van der Waals surface area contributed by atoms with E-state index in [1.807, 2.05) is 0 Å². The fourth-order valence-electron chi connectivity index (χ4n) is 2.57. The molecule has 146 valence electrons. The fourth-order valence-corrected chi connectivity index (χ4v) is 2.57. The minimum atomic E-state index is -2.39. The van der Waals surface area contributed by atoms with E-state index in [9.17, 15) is 31.5 Å². The third-order valence-electron chi connectivity index (χ3n) is 3.99. The zero-order valence-corrected chi connectivity index (χ0v) is 14.4. The Labute approximate surface area is 154 Å². The maximum atomic E-state index is 13.7. The number of nitrogens with zero attached hydrogens (tertiary/aromatic N) is 2. The first kappa shape index (κ1) is 19.5. The number of halogens is 5. The van der Waals surface area contributed by atoms with Crippen molar-refractivity contribution < 1.29 is 31.5 Å². The summed E-state index contributed by atoms with van der Waals surface area (Å²) in [7, 11) is 0. The monoisotopic (exact) mass is 398 g/mol. The number of carbonyl (C=O) groups is 1. The molecule has 0 saturated heterocycles. The summed E-state index contributed by atoms with van der Waals surface area (Å²) in [5.74, 6) is -14.9. The third-order valence-corrected chi connectivity index (χ3v) is 3.99. The molecule has 0 bridgehead atoms. The van der Waals surface area contributed by atoms with Gasteiger partial charge in [0, 0.05) is 18.4 Å². The molecule has 2 aromatic heterocycles. The summed E-state index contributed by atoms with van der Waals surface area (Å²) >= 11 is 0. The SMILES string of the molecule is CCn1cc(C(=O)Oc2c(F)c(F)c(F)c(F)c2F)c(=O)c2ccc(C)nc21. The highest BCUT2D eigenvalue weighted by atomic mass is 19.2. The molecule has 0 aliphatic carbocycles. The van der Waals surface area contributed by atoms with E-state index in [-0.39, 0.29) is 17.6 Å². The molecular weight excluding hydrogens is 387 g/mol. The van der Waals surface area contributed by atoms with E-state index in [0.29, 0.717) is 5.69 Å². The van der Waals surface area contributed by atoms with Gasteiger partial charge in [0.25, 0.3) is 0 Å². The molecule has 0 N–H and O–H groups in total. The molecule has 0 aliphatic rings. The number of hydrogen-bond donors (Lipinski definition) is 0. The lowest BCUT2D eigenvalue weighted by molar-refractivity contribution is 0.0714. The third kappa shape index (κ3) is 3.00. The molecule has 0 unspecified atom stereocenters. The highest BCUT2D eigenvalue weighted by molar-refractivity contribution is 5.94. The summed E-state index contributed by atoms with van der Waals surface area (Å²) in [5, 5.41) is 0.0271. The number of aromatic nitrogens is 2. The number of fused-ring (bicyclic) bond motifs is 1. The van der Waals surface area contributed by atoms with Crippen LogP contribution in [0.4, 0.5) is 22.0 Å². The summed E-state index contributed by atoms with van der Waals surface area (Å²) in [6.45, 7) is 3.65. The molecular formula is C18H11F5N2O3. The Balaban J connectivity index is 2.15. The summed E-state index contributed by atoms with van der Waals surface area (Å²) < 4.78 is 72.9.